The SMILES string of the molecule is COc1cccc2[nH]c(C(=O)Nc3cccn(C(CC(C)C)C(=O)N[C@@H](C[C@@H]4CCNC4=O)C(=O)c4nc5ccccc5s4)c3=O)cc12. The molecule has 1 unspecified atom stereocenters. The monoisotopic (exact) mass is 668 g/mol. The highest BCUT2D eigenvalue weighted by molar-refractivity contribution is 7.20. The molecule has 0 bridgehead atoms. The molecule has 1 aliphatic heterocycles. The number of fused-ring (bicyclic) bond motifs is 2. The minimum Gasteiger partial charge on any atom is -0.496 e. The molecule has 248 valence electrons. The number of pyridine rings is 1. The summed E-state index contributed by atoms with van der Waals surface area (Å²) < 4.78 is 7.50. The molecule has 4 heterocycles. The van der Waals surface area contributed by atoms with Gasteiger partial charge in [0, 0.05) is 29.6 Å². The molecule has 4 N–H and O–H groups in total. The molecular formula is C35H36N6O6S. The van der Waals surface area contributed by atoms with E-state index in [2.05, 4.69) is 25.9 Å². The molecular weight excluding hydrogens is 632 g/mol. The predicted octanol–water partition coefficient (Wildman–Crippen LogP) is 4.68. The van der Waals surface area contributed by atoms with Crippen LogP contribution in [-0.2, 0) is 9.59 Å². The molecule has 2 aromatic carbocycles. The Balaban J connectivity index is 1.27. The number of aromatic amines is 1. The van der Waals surface area contributed by atoms with Crippen LogP contribution in [0.1, 0.15) is 59.4 Å². The quantitative estimate of drug-likeness (QED) is 0.140. The van der Waals surface area contributed by atoms with E-state index in [1.54, 1.807) is 31.4 Å². The molecule has 3 aromatic heterocycles. The number of H-pyrrole nitrogens is 1. The van der Waals surface area contributed by atoms with E-state index in [0.29, 0.717) is 35.1 Å². The van der Waals surface area contributed by atoms with Crippen molar-refractivity contribution in [1.29, 1.82) is 0 Å². The van der Waals surface area contributed by atoms with Gasteiger partial charge >= 0.3 is 0 Å². The number of Topliss-reactive ketones (excluding diaryl/α,β-unsaturated/α-hetero) is 1. The summed E-state index contributed by atoms with van der Waals surface area (Å²) in [6.07, 6.45) is 2.41. The van der Waals surface area contributed by atoms with Crippen molar-refractivity contribution in [2.45, 2.75) is 45.2 Å². The summed E-state index contributed by atoms with van der Waals surface area (Å²) in [7, 11) is 1.54. The number of carbonyl (C=O) groups is 4. The minimum atomic E-state index is -1.04. The highest BCUT2D eigenvalue weighted by Crippen LogP contribution is 2.28. The fraction of sp³-hybridized carbons (Fsp3) is 0.314. The molecule has 48 heavy (non-hydrogen) atoms. The molecule has 1 fully saturated rings. The maximum absolute atomic E-state index is 14.1. The van der Waals surface area contributed by atoms with Crippen LogP contribution >= 0.6 is 11.3 Å². The third kappa shape index (κ3) is 6.72. The standard InChI is InChI=1S/C35H36N6O6S/c1-19(2)16-27(41-15-7-10-24(35(41)46)38-32(44)26-18-21-22(37-26)9-6-11-28(21)47-3)33(45)39-25(17-20-13-14-36-31(20)43)30(42)34-40-23-8-4-5-12-29(23)48-34/h4-12,15,18-20,25,27,37H,13-14,16-17H2,1-3H3,(H,36,43)(H,38,44)(H,39,45)/t20-,25-,27?/m0/s1. The first-order valence-corrected chi connectivity index (χ1v) is 16.6. The fourth-order valence-corrected chi connectivity index (χ4v) is 7.00. The van der Waals surface area contributed by atoms with Crippen LogP contribution in [0.15, 0.2) is 71.7 Å². The molecule has 1 saturated heterocycles. The van der Waals surface area contributed by atoms with E-state index in [0.717, 1.165) is 4.70 Å². The number of nitrogens with one attached hydrogen (secondary N) is 4. The van der Waals surface area contributed by atoms with Crippen molar-refractivity contribution in [2.75, 3.05) is 19.0 Å². The van der Waals surface area contributed by atoms with Gasteiger partial charge in [0.05, 0.1) is 23.4 Å². The number of aromatic nitrogens is 3. The number of thiazole rings is 1. The van der Waals surface area contributed by atoms with Crippen LogP contribution in [0, 0.1) is 11.8 Å². The van der Waals surface area contributed by atoms with Crippen molar-refractivity contribution >= 4 is 61.6 Å². The van der Waals surface area contributed by atoms with E-state index in [-0.39, 0.29) is 41.1 Å². The number of methoxy groups -OCH3 is 1. The number of nitrogens with zero attached hydrogens (tertiary/aromatic N) is 2. The smallest absolute Gasteiger partial charge is 0.275 e. The lowest BCUT2D eigenvalue weighted by atomic mass is 9.95. The van der Waals surface area contributed by atoms with Crippen molar-refractivity contribution in [2.24, 2.45) is 11.8 Å². The molecule has 5 aromatic rings. The van der Waals surface area contributed by atoms with Gasteiger partial charge < -0.3 is 30.2 Å². The van der Waals surface area contributed by atoms with Gasteiger partial charge in [0.15, 0.2) is 5.01 Å². The van der Waals surface area contributed by atoms with Crippen molar-refractivity contribution in [1.82, 2.24) is 25.2 Å². The summed E-state index contributed by atoms with van der Waals surface area (Å²) in [5.41, 5.74) is 1.00. The molecule has 0 spiro atoms. The molecule has 1 aliphatic rings. The molecule has 3 amide bonds. The molecule has 6 rings (SSSR count). The second-order valence-electron chi connectivity index (χ2n) is 12.3. The molecule has 0 saturated carbocycles. The van der Waals surface area contributed by atoms with E-state index in [9.17, 15) is 24.0 Å². The van der Waals surface area contributed by atoms with Gasteiger partial charge in [-0.2, -0.15) is 0 Å². The number of ketones is 1. The Morgan fingerprint density at radius 1 is 1.08 bits per heavy atom. The van der Waals surface area contributed by atoms with Crippen molar-refractivity contribution in [3.05, 3.63) is 87.9 Å². The number of ether oxygens (including phenoxy) is 1. The van der Waals surface area contributed by atoms with Gasteiger partial charge in [0.25, 0.3) is 11.5 Å². The number of amides is 3. The number of hydrogen-bond acceptors (Lipinski definition) is 8. The van der Waals surface area contributed by atoms with Gasteiger partial charge in [-0.05, 0) is 67.6 Å². The predicted molar refractivity (Wildman–Crippen MR) is 184 cm³/mol. The van der Waals surface area contributed by atoms with Crippen molar-refractivity contribution in [3.63, 3.8) is 0 Å². The van der Waals surface area contributed by atoms with E-state index >= 15 is 0 Å². The zero-order valence-corrected chi connectivity index (χ0v) is 27.6. The van der Waals surface area contributed by atoms with Crippen LogP contribution in [0.4, 0.5) is 5.69 Å². The second kappa shape index (κ2) is 13.8. The lowest BCUT2D eigenvalue weighted by Crippen LogP contribution is -2.47. The summed E-state index contributed by atoms with van der Waals surface area (Å²) in [4.78, 5) is 75.1. The Morgan fingerprint density at radius 2 is 1.90 bits per heavy atom. The van der Waals surface area contributed by atoms with Crippen molar-refractivity contribution in [3.8, 4) is 5.75 Å². The highest BCUT2D eigenvalue weighted by atomic mass is 32.1. The Kier molecular flexibility index (Phi) is 9.40. The second-order valence-corrected chi connectivity index (χ2v) is 13.3. The third-order valence-corrected chi connectivity index (χ3v) is 9.52. The Hall–Kier alpha value is -5.30. The zero-order chi connectivity index (χ0) is 33.9. The molecule has 12 nitrogen and oxygen atoms in total. The van der Waals surface area contributed by atoms with Crippen LogP contribution in [0.5, 0.6) is 5.75 Å². The Labute approximate surface area is 279 Å². The largest absolute Gasteiger partial charge is 0.496 e. The summed E-state index contributed by atoms with van der Waals surface area (Å²) in [5.74, 6) is -1.51. The first kappa shape index (κ1) is 32.6. The van der Waals surface area contributed by atoms with Crippen LogP contribution < -0.4 is 26.2 Å². The average Bonchev–Trinajstić information content (AvgIpc) is 3.82. The van der Waals surface area contributed by atoms with Gasteiger partial charge in [0.1, 0.15) is 23.2 Å². The number of rotatable bonds is 12. The van der Waals surface area contributed by atoms with Crippen LogP contribution in [0.25, 0.3) is 21.1 Å². The molecule has 3 atom stereocenters. The lowest BCUT2D eigenvalue weighted by molar-refractivity contribution is -0.126. The maximum atomic E-state index is 14.1. The van der Waals surface area contributed by atoms with Gasteiger partial charge in [-0.1, -0.05) is 32.0 Å². The Morgan fingerprint density at radius 3 is 2.62 bits per heavy atom. The Bertz CT molecular complexity index is 2050. The summed E-state index contributed by atoms with van der Waals surface area (Å²) in [5, 5.41) is 9.30. The molecule has 0 aliphatic carbocycles. The molecule has 0 radical (unpaired) electrons. The van der Waals surface area contributed by atoms with Crippen molar-refractivity contribution < 1.29 is 23.9 Å². The average molecular weight is 669 g/mol. The first-order valence-electron chi connectivity index (χ1n) is 15.8. The number of hydrogen-bond donors (Lipinski definition) is 4. The van der Waals surface area contributed by atoms with Gasteiger partial charge in [0.2, 0.25) is 17.6 Å². The zero-order valence-electron chi connectivity index (χ0n) is 26.7. The summed E-state index contributed by atoms with van der Waals surface area (Å²) in [6.45, 7) is 4.34. The summed E-state index contributed by atoms with van der Waals surface area (Å²) in [6, 6.07) is 15.4. The lowest BCUT2D eigenvalue weighted by Gasteiger charge is -2.25. The normalized spacial score (nSPS) is 15.8. The van der Waals surface area contributed by atoms with Gasteiger partial charge in [-0.15, -0.1) is 11.3 Å². The summed E-state index contributed by atoms with van der Waals surface area (Å²) >= 11 is 1.23. The van der Waals surface area contributed by atoms with E-state index in [4.69, 9.17) is 4.74 Å². The van der Waals surface area contributed by atoms with Crippen LogP contribution in [0.3, 0.4) is 0 Å². The molecule has 13 heteroatoms. The number of anilines is 1. The number of carbonyl (C=O) groups excluding carboxylic acids is 4. The number of para-hydroxylation sites is 1. The van der Waals surface area contributed by atoms with E-state index in [1.807, 2.05) is 44.2 Å². The number of benzene rings is 2. The van der Waals surface area contributed by atoms with Gasteiger partial charge in [-0.25, -0.2) is 4.98 Å². The van der Waals surface area contributed by atoms with Crippen LogP contribution in [-0.4, -0.2) is 57.7 Å². The topological polar surface area (TPSA) is 164 Å². The maximum Gasteiger partial charge on any atom is 0.275 e. The third-order valence-electron chi connectivity index (χ3n) is 8.47. The van der Waals surface area contributed by atoms with Crippen LogP contribution in [0.2, 0.25) is 0 Å². The van der Waals surface area contributed by atoms with E-state index < -0.39 is 41.2 Å². The van der Waals surface area contributed by atoms with Gasteiger partial charge in [-0.3, -0.25) is 24.0 Å². The minimum absolute atomic E-state index is 0.00810. The van der Waals surface area contributed by atoms with E-state index in [1.165, 1.54) is 28.2 Å². The first-order chi connectivity index (χ1) is 23.1. The highest BCUT2D eigenvalue weighted by Gasteiger charge is 2.35. The fourth-order valence-electron chi connectivity index (χ4n) is 6.04.